The highest BCUT2D eigenvalue weighted by Gasteiger charge is 2.32. The number of carbonyl (C=O) groups is 2. The zero-order valence-corrected chi connectivity index (χ0v) is 17.5. The molecule has 0 atom stereocenters. The van der Waals surface area contributed by atoms with Crippen molar-refractivity contribution in [3.05, 3.63) is 51.3 Å². The third-order valence-electron chi connectivity index (χ3n) is 4.80. The first-order chi connectivity index (χ1) is 14.9. The second-order valence-corrected chi connectivity index (χ2v) is 7.19. The van der Waals surface area contributed by atoms with Crippen molar-refractivity contribution in [3.8, 4) is 0 Å². The Labute approximate surface area is 182 Å². The van der Waals surface area contributed by atoms with Crippen LogP contribution < -0.4 is 15.8 Å². The van der Waals surface area contributed by atoms with Gasteiger partial charge < -0.3 is 9.64 Å². The number of hydrazine groups is 1. The molecule has 1 aromatic heterocycles. The first-order valence-corrected chi connectivity index (χ1v) is 10.0. The summed E-state index contributed by atoms with van der Waals surface area (Å²) in [4.78, 5) is 45.0. The molecule has 1 fully saturated rings. The second kappa shape index (κ2) is 10.0. The van der Waals surface area contributed by atoms with Gasteiger partial charge in [0.25, 0.3) is 5.91 Å². The quantitative estimate of drug-likeness (QED) is 0.371. The molecule has 11 nitrogen and oxygen atoms in total. The lowest BCUT2D eigenvalue weighted by Gasteiger charge is -2.31. The summed E-state index contributed by atoms with van der Waals surface area (Å²) in [6, 6.07) is 6.16. The van der Waals surface area contributed by atoms with Gasteiger partial charge in [0.1, 0.15) is 6.33 Å². The van der Waals surface area contributed by atoms with E-state index in [-0.39, 0.29) is 29.2 Å². The second-order valence-electron chi connectivity index (χ2n) is 6.75. The molecular weight excluding hydrogens is 428 g/mol. The number of nitro groups is 1. The monoisotopic (exact) mass is 448 g/mol. The van der Waals surface area contributed by atoms with Crippen LogP contribution in [0.25, 0.3) is 0 Å². The Kier molecular flexibility index (Phi) is 7.19. The fourth-order valence-electron chi connectivity index (χ4n) is 3.24. The molecule has 1 saturated heterocycles. The average Bonchev–Trinajstić information content (AvgIpc) is 2.77. The van der Waals surface area contributed by atoms with Gasteiger partial charge in [0.15, 0.2) is 0 Å². The van der Waals surface area contributed by atoms with E-state index in [0.29, 0.717) is 43.1 Å². The zero-order valence-electron chi connectivity index (χ0n) is 16.7. The topological polar surface area (TPSA) is 140 Å². The molecule has 0 radical (unpaired) electrons. The van der Waals surface area contributed by atoms with Crippen molar-refractivity contribution in [2.45, 2.75) is 19.8 Å². The van der Waals surface area contributed by atoms with Gasteiger partial charge >= 0.3 is 11.7 Å². The molecule has 1 aliphatic heterocycles. The molecule has 0 bridgehead atoms. The van der Waals surface area contributed by atoms with Crippen molar-refractivity contribution in [1.29, 1.82) is 0 Å². The van der Waals surface area contributed by atoms with Crippen molar-refractivity contribution in [2.24, 2.45) is 5.92 Å². The minimum absolute atomic E-state index is 0.116. The molecule has 0 aliphatic carbocycles. The summed E-state index contributed by atoms with van der Waals surface area (Å²) >= 11 is 5.81. The van der Waals surface area contributed by atoms with Gasteiger partial charge in [-0.05, 0) is 44.0 Å². The Hall–Kier alpha value is -3.47. The summed E-state index contributed by atoms with van der Waals surface area (Å²) < 4.78 is 5.05. The number of hydrogen-bond donors (Lipinski definition) is 2. The average molecular weight is 449 g/mol. The van der Waals surface area contributed by atoms with Crippen molar-refractivity contribution < 1.29 is 19.2 Å². The van der Waals surface area contributed by atoms with Crippen LogP contribution in [0.15, 0.2) is 30.6 Å². The van der Waals surface area contributed by atoms with Gasteiger partial charge in [-0.25, -0.2) is 9.97 Å². The fourth-order valence-corrected chi connectivity index (χ4v) is 3.36. The SMILES string of the molecule is CCOC(=O)C1CCN(c2ncnc(NNC(=O)c3ccc(Cl)cc3)c2[N+](=O)[O-])CC1. The zero-order chi connectivity index (χ0) is 22.4. The first kappa shape index (κ1) is 22.2. The van der Waals surface area contributed by atoms with Crippen LogP contribution in [0.5, 0.6) is 0 Å². The highest BCUT2D eigenvalue weighted by Crippen LogP contribution is 2.34. The van der Waals surface area contributed by atoms with Gasteiger partial charge in [0.05, 0.1) is 17.4 Å². The lowest BCUT2D eigenvalue weighted by molar-refractivity contribution is -0.383. The van der Waals surface area contributed by atoms with Gasteiger partial charge in [0, 0.05) is 23.7 Å². The number of piperidine rings is 1. The molecule has 31 heavy (non-hydrogen) atoms. The molecule has 0 spiro atoms. The van der Waals surface area contributed by atoms with Crippen LogP contribution in [0.2, 0.25) is 5.02 Å². The Morgan fingerprint density at radius 1 is 1.26 bits per heavy atom. The molecule has 1 aliphatic rings. The van der Waals surface area contributed by atoms with Crippen LogP contribution in [0.1, 0.15) is 30.1 Å². The van der Waals surface area contributed by atoms with E-state index in [4.69, 9.17) is 16.3 Å². The Morgan fingerprint density at radius 2 is 1.94 bits per heavy atom. The predicted octanol–water partition coefficient (Wildman–Crippen LogP) is 2.57. The Balaban J connectivity index is 1.72. The molecule has 0 saturated carbocycles. The van der Waals surface area contributed by atoms with Gasteiger partial charge in [-0.1, -0.05) is 11.6 Å². The Morgan fingerprint density at radius 3 is 2.55 bits per heavy atom. The maximum absolute atomic E-state index is 12.3. The number of halogens is 1. The van der Waals surface area contributed by atoms with Crippen molar-refractivity contribution in [1.82, 2.24) is 15.4 Å². The largest absolute Gasteiger partial charge is 0.466 e. The Bertz CT molecular complexity index is 963. The predicted molar refractivity (Wildman–Crippen MR) is 113 cm³/mol. The van der Waals surface area contributed by atoms with E-state index in [1.807, 2.05) is 0 Å². The number of benzene rings is 1. The van der Waals surface area contributed by atoms with E-state index in [1.165, 1.54) is 18.5 Å². The third-order valence-corrected chi connectivity index (χ3v) is 5.05. The number of esters is 1. The number of carbonyl (C=O) groups excluding carboxylic acids is 2. The van der Waals surface area contributed by atoms with Crippen LogP contribution in [0.3, 0.4) is 0 Å². The van der Waals surface area contributed by atoms with E-state index in [2.05, 4.69) is 20.8 Å². The number of hydrogen-bond acceptors (Lipinski definition) is 9. The smallest absolute Gasteiger partial charge is 0.355 e. The lowest BCUT2D eigenvalue weighted by atomic mass is 9.97. The number of anilines is 2. The van der Waals surface area contributed by atoms with Crippen LogP contribution >= 0.6 is 11.6 Å². The number of nitrogens with one attached hydrogen (secondary N) is 2. The molecule has 1 aromatic carbocycles. The van der Waals surface area contributed by atoms with E-state index < -0.39 is 10.8 Å². The molecule has 12 heteroatoms. The minimum Gasteiger partial charge on any atom is -0.466 e. The van der Waals surface area contributed by atoms with Gasteiger partial charge in [-0.15, -0.1) is 0 Å². The molecule has 2 aromatic rings. The number of amides is 1. The highest BCUT2D eigenvalue weighted by atomic mass is 35.5. The standard InChI is InChI=1S/C19H21ClN6O5/c1-2-31-19(28)13-7-9-25(10-8-13)17-15(26(29)30)16(21-11-22-17)23-24-18(27)12-3-5-14(20)6-4-12/h3-6,11,13H,2,7-10H2,1H3,(H,24,27)(H,21,22,23). The summed E-state index contributed by atoms with van der Waals surface area (Å²) in [6.07, 6.45) is 2.17. The van der Waals surface area contributed by atoms with Crippen molar-refractivity contribution in [2.75, 3.05) is 30.0 Å². The fraction of sp³-hybridized carbons (Fsp3) is 0.368. The number of aromatic nitrogens is 2. The van der Waals surface area contributed by atoms with E-state index in [1.54, 1.807) is 24.0 Å². The maximum atomic E-state index is 12.3. The van der Waals surface area contributed by atoms with Crippen LogP contribution in [-0.2, 0) is 9.53 Å². The number of nitrogens with zero attached hydrogens (tertiary/aromatic N) is 4. The van der Waals surface area contributed by atoms with Crippen LogP contribution in [-0.4, -0.2) is 46.5 Å². The summed E-state index contributed by atoms with van der Waals surface area (Å²) in [5, 5.41) is 12.2. The van der Waals surface area contributed by atoms with Crippen molar-refractivity contribution in [3.63, 3.8) is 0 Å². The van der Waals surface area contributed by atoms with Crippen LogP contribution in [0.4, 0.5) is 17.3 Å². The molecule has 3 rings (SSSR count). The molecular formula is C19H21ClN6O5. The highest BCUT2D eigenvalue weighted by molar-refractivity contribution is 6.30. The van der Waals surface area contributed by atoms with Crippen LogP contribution in [0, 0.1) is 16.0 Å². The molecule has 1 amide bonds. The summed E-state index contributed by atoms with van der Waals surface area (Å²) in [7, 11) is 0. The van der Waals surface area contributed by atoms with Crippen molar-refractivity contribution >= 4 is 40.8 Å². The minimum atomic E-state index is -0.608. The van der Waals surface area contributed by atoms with Gasteiger partial charge in [-0.3, -0.25) is 30.6 Å². The third kappa shape index (κ3) is 5.37. The molecule has 2 heterocycles. The summed E-state index contributed by atoms with van der Waals surface area (Å²) in [6.45, 7) is 2.86. The number of ether oxygens (including phenoxy) is 1. The van der Waals surface area contributed by atoms with E-state index >= 15 is 0 Å². The first-order valence-electron chi connectivity index (χ1n) is 9.63. The molecule has 0 unspecified atom stereocenters. The summed E-state index contributed by atoms with van der Waals surface area (Å²) in [5.41, 5.74) is 4.84. The maximum Gasteiger partial charge on any atom is 0.355 e. The molecule has 164 valence electrons. The van der Waals surface area contributed by atoms with Gasteiger partial charge in [-0.2, -0.15) is 0 Å². The molecule has 2 N–H and O–H groups in total. The van der Waals surface area contributed by atoms with E-state index in [9.17, 15) is 19.7 Å². The normalized spacial score (nSPS) is 14.1. The van der Waals surface area contributed by atoms with E-state index in [0.717, 1.165) is 0 Å². The lowest BCUT2D eigenvalue weighted by Crippen LogP contribution is -2.38. The van der Waals surface area contributed by atoms with Gasteiger partial charge in [0.2, 0.25) is 11.6 Å². The number of rotatable bonds is 7. The summed E-state index contributed by atoms with van der Waals surface area (Å²) in [5.74, 6) is -1.04.